The number of urea groups is 1. The Morgan fingerprint density at radius 2 is 2.30 bits per heavy atom. The lowest BCUT2D eigenvalue weighted by Crippen LogP contribution is -2.53. The van der Waals surface area contributed by atoms with Gasteiger partial charge in [0.2, 0.25) is 0 Å². The zero-order chi connectivity index (χ0) is 14.7. The van der Waals surface area contributed by atoms with Gasteiger partial charge in [0.1, 0.15) is 6.04 Å². The van der Waals surface area contributed by atoms with E-state index in [-0.39, 0.29) is 12.1 Å². The van der Waals surface area contributed by atoms with E-state index in [0.717, 1.165) is 12.0 Å². The van der Waals surface area contributed by atoms with Gasteiger partial charge in [-0.05, 0) is 48.1 Å². The van der Waals surface area contributed by atoms with Gasteiger partial charge < -0.3 is 15.3 Å². The Morgan fingerprint density at radius 1 is 1.55 bits per heavy atom. The van der Waals surface area contributed by atoms with Crippen LogP contribution in [0.3, 0.4) is 0 Å². The zero-order valence-corrected chi connectivity index (χ0v) is 12.5. The number of rotatable bonds is 3. The van der Waals surface area contributed by atoms with Crippen LogP contribution in [0.2, 0.25) is 0 Å². The summed E-state index contributed by atoms with van der Waals surface area (Å²) in [5.41, 5.74) is 1.04. The van der Waals surface area contributed by atoms with Crippen molar-refractivity contribution in [2.75, 3.05) is 6.54 Å². The van der Waals surface area contributed by atoms with Crippen molar-refractivity contribution < 1.29 is 14.7 Å². The summed E-state index contributed by atoms with van der Waals surface area (Å²) in [5.74, 6) is -0.579. The van der Waals surface area contributed by atoms with Gasteiger partial charge in [-0.1, -0.05) is 6.92 Å². The van der Waals surface area contributed by atoms with E-state index < -0.39 is 12.0 Å². The van der Waals surface area contributed by atoms with Crippen molar-refractivity contribution in [3.63, 3.8) is 0 Å². The number of piperidine rings is 1. The van der Waals surface area contributed by atoms with Crippen molar-refractivity contribution in [1.29, 1.82) is 0 Å². The van der Waals surface area contributed by atoms with Crippen molar-refractivity contribution in [3.8, 4) is 0 Å². The molecule has 2 rings (SSSR count). The predicted octanol–water partition coefficient (Wildman–Crippen LogP) is 2.70. The number of nitrogens with zero attached hydrogens (tertiary/aromatic N) is 1. The molecule has 1 aliphatic rings. The summed E-state index contributed by atoms with van der Waals surface area (Å²) in [6.07, 6.45) is 1.37. The molecule has 5 nitrogen and oxygen atoms in total. The molecule has 0 bridgehead atoms. The van der Waals surface area contributed by atoms with Gasteiger partial charge in [-0.3, -0.25) is 0 Å². The number of hydrogen-bond acceptors (Lipinski definition) is 3. The summed E-state index contributed by atoms with van der Waals surface area (Å²) in [6, 6.07) is 0.849. The van der Waals surface area contributed by atoms with Crippen molar-refractivity contribution in [1.82, 2.24) is 10.2 Å². The molecule has 2 amide bonds. The first-order valence-corrected chi connectivity index (χ1v) is 7.75. The molecule has 0 aromatic carbocycles. The number of carbonyl (C=O) groups excluding carboxylic acids is 1. The molecule has 1 saturated heterocycles. The Kier molecular flexibility index (Phi) is 4.65. The van der Waals surface area contributed by atoms with Gasteiger partial charge in [-0.25, -0.2) is 9.59 Å². The Hall–Kier alpha value is -1.56. The van der Waals surface area contributed by atoms with Crippen LogP contribution < -0.4 is 5.32 Å². The second-order valence-electron chi connectivity index (χ2n) is 5.40. The summed E-state index contributed by atoms with van der Waals surface area (Å²) >= 11 is 1.58. The molecule has 0 radical (unpaired) electrons. The fourth-order valence-electron chi connectivity index (χ4n) is 2.49. The van der Waals surface area contributed by atoms with E-state index in [4.69, 9.17) is 0 Å². The average Bonchev–Trinajstić information content (AvgIpc) is 2.92. The zero-order valence-electron chi connectivity index (χ0n) is 11.7. The lowest BCUT2D eigenvalue weighted by molar-refractivity contribution is -0.143. The van der Waals surface area contributed by atoms with Gasteiger partial charge in [-0.2, -0.15) is 11.3 Å². The van der Waals surface area contributed by atoms with Crippen LogP contribution in [0.25, 0.3) is 0 Å². The molecule has 0 aliphatic carbocycles. The van der Waals surface area contributed by atoms with E-state index in [1.54, 1.807) is 11.3 Å². The minimum Gasteiger partial charge on any atom is -0.480 e. The first-order chi connectivity index (χ1) is 9.49. The van der Waals surface area contributed by atoms with Crippen LogP contribution in [0.1, 0.15) is 38.3 Å². The molecule has 0 spiro atoms. The molecule has 1 aromatic heterocycles. The summed E-state index contributed by atoms with van der Waals surface area (Å²) in [7, 11) is 0. The first-order valence-electron chi connectivity index (χ1n) is 6.81. The lowest BCUT2D eigenvalue weighted by Gasteiger charge is -2.36. The molecule has 2 N–H and O–H groups in total. The number of aliphatic carboxylic acids is 1. The largest absolute Gasteiger partial charge is 0.480 e. The summed E-state index contributed by atoms with van der Waals surface area (Å²) in [4.78, 5) is 25.0. The fraction of sp³-hybridized carbons (Fsp3) is 0.571. The van der Waals surface area contributed by atoms with Crippen molar-refractivity contribution >= 4 is 23.3 Å². The Labute approximate surface area is 122 Å². The Bertz CT molecular complexity index is 475. The molecule has 1 aliphatic heterocycles. The van der Waals surface area contributed by atoms with E-state index in [1.165, 1.54) is 4.90 Å². The number of hydrogen-bond donors (Lipinski definition) is 2. The van der Waals surface area contributed by atoms with Crippen molar-refractivity contribution in [2.45, 2.75) is 38.8 Å². The minimum absolute atomic E-state index is 0.109. The number of nitrogens with one attached hydrogen (secondary N) is 1. The number of thiophene rings is 1. The normalized spacial score (nSPS) is 24.2. The highest BCUT2D eigenvalue weighted by Gasteiger charge is 2.35. The molecule has 3 atom stereocenters. The summed E-state index contributed by atoms with van der Waals surface area (Å²) < 4.78 is 0. The third-order valence-electron chi connectivity index (χ3n) is 3.79. The van der Waals surface area contributed by atoms with Crippen LogP contribution in [0.5, 0.6) is 0 Å². The van der Waals surface area contributed by atoms with Crippen LogP contribution in [-0.2, 0) is 4.79 Å². The van der Waals surface area contributed by atoms with Gasteiger partial charge in [0.15, 0.2) is 0 Å². The SMILES string of the molecule is CC1CCN(C(=O)NC(C)c2ccsc2)C(C(=O)O)C1. The van der Waals surface area contributed by atoms with Crippen LogP contribution in [0, 0.1) is 5.92 Å². The molecule has 20 heavy (non-hydrogen) atoms. The number of carbonyl (C=O) groups is 2. The fourth-order valence-corrected chi connectivity index (χ4v) is 3.25. The maximum absolute atomic E-state index is 12.3. The average molecular weight is 296 g/mol. The molecule has 6 heteroatoms. The van der Waals surface area contributed by atoms with E-state index in [9.17, 15) is 14.7 Å². The number of amides is 2. The summed E-state index contributed by atoms with van der Waals surface area (Å²) in [5, 5.41) is 16.1. The van der Waals surface area contributed by atoms with Crippen LogP contribution in [0.4, 0.5) is 4.79 Å². The van der Waals surface area contributed by atoms with E-state index in [1.807, 2.05) is 30.7 Å². The molecule has 3 unspecified atom stereocenters. The molecule has 0 saturated carbocycles. The van der Waals surface area contributed by atoms with Crippen LogP contribution in [0.15, 0.2) is 16.8 Å². The van der Waals surface area contributed by atoms with Gasteiger partial charge in [-0.15, -0.1) is 0 Å². The quantitative estimate of drug-likeness (QED) is 0.901. The van der Waals surface area contributed by atoms with Crippen LogP contribution in [-0.4, -0.2) is 34.6 Å². The maximum Gasteiger partial charge on any atom is 0.326 e. The monoisotopic (exact) mass is 296 g/mol. The van der Waals surface area contributed by atoms with E-state index >= 15 is 0 Å². The molecule has 110 valence electrons. The van der Waals surface area contributed by atoms with Gasteiger partial charge in [0, 0.05) is 6.54 Å². The molecular weight excluding hydrogens is 276 g/mol. The molecule has 1 aromatic rings. The third kappa shape index (κ3) is 3.30. The second kappa shape index (κ2) is 6.26. The topological polar surface area (TPSA) is 69.6 Å². The second-order valence-corrected chi connectivity index (χ2v) is 6.18. The van der Waals surface area contributed by atoms with E-state index in [2.05, 4.69) is 5.32 Å². The minimum atomic E-state index is -0.921. The molecular formula is C14H20N2O3S. The third-order valence-corrected chi connectivity index (χ3v) is 4.50. The lowest BCUT2D eigenvalue weighted by atomic mass is 9.93. The van der Waals surface area contributed by atoms with Crippen LogP contribution >= 0.6 is 11.3 Å². The van der Waals surface area contributed by atoms with Gasteiger partial charge >= 0.3 is 12.0 Å². The highest BCUT2D eigenvalue weighted by molar-refractivity contribution is 7.07. The number of likely N-dealkylation sites (tertiary alicyclic amines) is 1. The standard InChI is InChI=1S/C14H20N2O3S/c1-9-3-5-16(12(7-9)13(17)18)14(19)15-10(2)11-4-6-20-8-11/h4,6,8-10,12H,3,5,7H2,1-2H3,(H,15,19)(H,17,18). The first kappa shape index (κ1) is 14.8. The highest BCUT2D eigenvalue weighted by atomic mass is 32.1. The highest BCUT2D eigenvalue weighted by Crippen LogP contribution is 2.23. The number of carboxylic acids is 1. The number of carboxylic acid groups (broad SMARTS) is 1. The Balaban J connectivity index is 2.01. The van der Waals surface area contributed by atoms with E-state index in [0.29, 0.717) is 18.9 Å². The van der Waals surface area contributed by atoms with Crippen molar-refractivity contribution in [3.05, 3.63) is 22.4 Å². The Morgan fingerprint density at radius 3 is 2.90 bits per heavy atom. The summed E-state index contributed by atoms with van der Waals surface area (Å²) in [6.45, 7) is 4.43. The smallest absolute Gasteiger partial charge is 0.326 e. The van der Waals surface area contributed by atoms with Crippen molar-refractivity contribution in [2.24, 2.45) is 5.92 Å². The van der Waals surface area contributed by atoms with Gasteiger partial charge in [0.05, 0.1) is 6.04 Å². The van der Waals surface area contributed by atoms with Gasteiger partial charge in [0.25, 0.3) is 0 Å². The predicted molar refractivity (Wildman–Crippen MR) is 77.8 cm³/mol. The maximum atomic E-state index is 12.3. The molecule has 2 heterocycles. The molecule has 1 fully saturated rings.